The second kappa shape index (κ2) is 8.57. The number of allylic oxidation sites excluding steroid dienone is 1. The van der Waals surface area contributed by atoms with Crippen molar-refractivity contribution in [1.82, 2.24) is 0 Å². The molecule has 3 nitrogen and oxygen atoms in total. The molecule has 28 heavy (non-hydrogen) atoms. The van der Waals surface area contributed by atoms with Crippen LogP contribution in [-0.4, -0.2) is 19.4 Å². The zero-order valence-electron chi connectivity index (χ0n) is 16.0. The highest BCUT2D eigenvalue weighted by atomic mass is 16.5. The lowest BCUT2D eigenvalue weighted by molar-refractivity contribution is 0.302. The summed E-state index contributed by atoms with van der Waals surface area (Å²) in [5, 5.41) is 0. The molecule has 0 spiro atoms. The molecule has 0 bridgehead atoms. The molecule has 0 atom stereocenters. The van der Waals surface area contributed by atoms with Crippen LogP contribution >= 0.6 is 0 Å². The maximum absolute atomic E-state index is 6.17. The van der Waals surface area contributed by atoms with Crippen LogP contribution in [-0.2, 0) is 13.0 Å². The van der Waals surface area contributed by atoms with Crippen LogP contribution < -0.4 is 9.47 Å². The van der Waals surface area contributed by atoms with E-state index >= 15 is 0 Å². The van der Waals surface area contributed by atoms with Crippen LogP contribution in [0.5, 0.6) is 11.5 Å². The van der Waals surface area contributed by atoms with Gasteiger partial charge in [-0.3, -0.25) is 4.99 Å². The average molecular weight is 369 g/mol. The van der Waals surface area contributed by atoms with E-state index in [0.717, 1.165) is 52.4 Å². The fourth-order valence-corrected chi connectivity index (χ4v) is 3.42. The van der Waals surface area contributed by atoms with Crippen molar-refractivity contribution in [2.45, 2.75) is 13.0 Å². The molecule has 140 valence electrons. The van der Waals surface area contributed by atoms with Crippen molar-refractivity contribution in [1.29, 1.82) is 0 Å². The van der Waals surface area contributed by atoms with Crippen molar-refractivity contribution in [2.24, 2.45) is 4.99 Å². The van der Waals surface area contributed by atoms with Gasteiger partial charge in [-0.25, -0.2) is 0 Å². The molecule has 1 aliphatic heterocycles. The zero-order chi connectivity index (χ0) is 19.2. The van der Waals surface area contributed by atoms with Crippen LogP contribution in [0, 0.1) is 0 Å². The average Bonchev–Trinajstić information content (AvgIpc) is 2.77. The summed E-state index contributed by atoms with van der Waals surface area (Å²) in [6, 6.07) is 24.4. The standard InChI is InChI=1S/C25H23NO2/c1-27-24-15-14-23(28-18-20-10-6-3-7-11-20)21-16-17-26-22(25(21)24)13-12-19-8-4-2-5-9-19/h2-15H,16-18H2,1H3/b13-12+. The summed E-state index contributed by atoms with van der Waals surface area (Å²) in [7, 11) is 1.70. The van der Waals surface area contributed by atoms with Crippen molar-refractivity contribution in [3.05, 3.63) is 101 Å². The largest absolute Gasteiger partial charge is 0.496 e. The van der Waals surface area contributed by atoms with Gasteiger partial charge in [-0.2, -0.15) is 0 Å². The Morgan fingerprint density at radius 1 is 0.857 bits per heavy atom. The van der Waals surface area contributed by atoms with Crippen LogP contribution in [0.25, 0.3) is 6.08 Å². The van der Waals surface area contributed by atoms with Crippen LogP contribution in [0.4, 0.5) is 0 Å². The third kappa shape index (κ3) is 3.99. The summed E-state index contributed by atoms with van der Waals surface area (Å²) < 4.78 is 11.8. The Bertz CT molecular complexity index is 992. The second-order valence-corrected chi connectivity index (χ2v) is 6.65. The van der Waals surface area contributed by atoms with E-state index in [4.69, 9.17) is 14.5 Å². The second-order valence-electron chi connectivity index (χ2n) is 6.65. The lowest BCUT2D eigenvalue weighted by Crippen LogP contribution is -2.14. The molecule has 0 fully saturated rings. The van der Waals surface area contributed by atoms with Crippen LogP contribution in [0.3, 0.4) is 0 Å². The van der Waals surface area contributed by atoms with E-state index in [1.165, 1.54) is 0 Å². The molecule has 3 aromatic carbocycles. The van der Waals surface area contributed by atoms with Crippen LogP contribution in [0.2, 0.25) is 0 Å². The predicted octanol–water partition coefficient (Wildman–Crippen LogP) is 5.33. The van der Waals surface area contributed by atoms with Gasteiger partial charge in [-0.05, 0) is 35.8 Å². The molecule has 3 aromatic rings. The number of hydrogen-bond acceptors (Lipinski definition) is 3. The van der Waals surface area contributed by atoms with Gasteiger partial charge in [-0.1, -0.05) is 66.7 Å². The van der Waals surface area contributed by atoms with E-state index in [-0.39, 0.29) is 0 Å². The summed E-state index contributed by atoms with van der Waals surface area (Å²) in [6.45, 7) is 1.29. The van der Waals surface area contributed by atoms with Crippen molar-refractivity contribution in [2.75, 3.05) is 13.7 Å². The molecule has 0 saturated heterocycles. The van der Waals surface area contributed by atoms with Gasteiger partial charge in [0.15, 0.2) is 0 Å². The number of hydrogen-bond donors (Lipinski definition) is 0. The first-order valence-corrected chi connectivity index (χ1v) is 9.49. The molecular weight excluding hydrogens is 346 g/mol. The summed E-state index contributed by atoms with van der Waals surface area (Å²) in [6.07, 6.45) is 5.00. The van der Waals surface area contributed by atoms with Gasteiger partial charge < -0.3 is 9.47 Å². The van der Waals surface area contributed by atoms with Gasteiger partial charge in [0.25, 0.3) is 0 Å². The molecule has 0 aromatic heterocycles. The molecule has 0 radical (unpaired) electrons. The van der Waals surface area contributed by atoms with Crippen molar-refractivity contribution in [3.8, 4) is 11.5 Å². The lowest BCUT2D eigenvalue weighted by atomic mass is 9.94. The van der Waals surface area contributed by atoms with E-state index in [1.807, 2.05) is 48.5 Å². The normalized spacial score (nSPS) is 13.1. The smallest absolute Gasteiger partial charge is 0.128 e. The molecule has 1 aliphatic rings. The van der Waals surface area contributed by atoms with Crippen LogP contribution in [0.1, 0.15) is 22.3 Å². The minimum absolute atomic E-state index is 0.548. The quantitative estimate of drug-likeness (QED) is 0.588. The van der Waals surface area contributed by atoms with Gasteiger partial charge in [-0.15, -0.1) is 0 Å². The fourth-order valence-electron chi connectivity index (χ4n) is 3.42. The summed E-state index contributed by atoms with van der Waals surface area (Å²) in [4.78, 5) is 4.75. The molecule has 0 saturated carbocycles. The summed E-state index contributed by atoms with van der Waals surface area (Å²) >= 11 is 0. The molecule has 4 rings (SSSR count). The lowest BCUT2D eigenvalue weighted by Gasteiger charge is -2.21. The van der Waals surface area contributed by atoms with Crippen molar-refractivity contribution < 1.29 is 9.47 Å². The van der Waals surface area contributed by atoms with E-state index in [0.29, 0.717) is 6.61 Å². The Labute approximate surface area is 166 Å². The Morgan fingerprint density at radius 3 is 2.32 bits per heavy atom. The van der Waals surface area contributed by atoms with E-state index in [9.17, 15) is 0 Å². The van der Waals surface area contributed by atoms with Gasteiger partial charge in [0.2, 0.25) is 0 Å². The molecule has 0 amide bonds. The van der Waals surface area contributed by atoms with Crippen molar-refractivity contribution >= 4 is 11.8 Å². The number of fused-ring (bicyclic) bond motifs is 1. The number of benzene rings is 3. The number of rotatable bonds is 6. The van der Waals surface area contributed by atoms with E-state index in [2.05, 4.69) is 36.4 Å². The third-order valence-electron chi connectivity index (χ3n) is 4.82. The molecule has 1 heterocycles. The van der Waals surface area contributed by atoms with Crippen molar-refractivity contribution in [3.63, 3.8) is 0 Å². The highest BCUT2D eigenvalue weighted by Gasteiger charge is 2.21. The van der Waals surface area contributed by atoms with Gasteiger partial charge in [0.05, 0.1) is 12.8 Å². The number of aliphatic imine (C=N–C) groups is 1. The summed E-state index contributed by atoms with van der Waals surface area (Å²) in [5.41, 5.74) is 5.44. The molecule has 0 N–H and O–H groups in total. The van der Waals surface area contributed by atoms with E-state index < -0.39 is 0 Å². The SMILES string of the molecule is COc1ccc(OCc2ccccc2)c2c1C(/C=C/c1ccccc1)=NCC2. The summed E-state index contributed by atoms with van der Waals surface area (Å²) in [5.74, 6) is 1.73. The number of nitrogens with zero attached hydrogens (tertiary/aromatic N) is 1. The zero-order valence-corrected chi connectivity index (χ0v) is 16.0. The first-order chi connectivity index (χ1) is 13.8. The first kappa shape index (κ1) is 18.1. The molecular formula is C25H23NO2. The number of ether oxygens (including phenoxy) is 2. The molecule has 3 heteroatoms. The Balaban J connectivity index is 1.64. The van der Waals surface area contributed by atoms with E-state index in [1.54, 1.807) is 7.11 Å². The monoisotopic (exact) mass is 369 g/mol. The maximum Gasteiger partial charge on any atom is 0.128 e. The number of methoxy groups -OCH3 is 1. The minimum atomic E-state index is 0.548. The Morgan fingerprint density at radius 2 is 1.57 bits per heavy atom. The van der Waals surface area contributed by atoms with Gasteiger partial charge >= 0.3 is 0 Å². The Hall–Kier alpha value is -3.33. The fraction of sp³-hybridized carbons (Fsp3) is 0.160. The topological polar surface area (TPSA) is 30.8 Å². The van der Waals surface area contributed by atoms with Crippen LogP contribution in [0.15, 0.2) is 83.9 Å². The molecule has 0 unspecified atom stereocenters. The predicted molar refractivity (Wildman–Crippen MR) is 114 cm³/mol. The van der Waals surface area contributed by atoms with Gasteiger partial charge in [0, 0.05) is 17.7 Å². The Kier molecular flexibility index (Phi) is 5.53. The maximum atomic E-state index is 6.17. The third-order valence-corrected chi connectivity index (χ3v) is 4.82. The minimum Gasteiger partial charge on any atom is -0.496 e. The highest BCUT2D eigenvalue weighted by Crippen LogP contribution is 2.34. The highest BCUT2D eigenvalue weighted by molar-refractivity contribution is 6.14. The molecule has 0 aliphatic carbocycles. The van der Waals surface area contributed by atoms with Gasteiger partial charge in [0.1, 0.15) is 18.1 Å². The first-order valence-electron chi connectivity index (χ1n) is 9.49.